The average Bonchev–Trinajstić information content (AvgIpc) is 2.66. The first kappa shape index (κ1) is 19.3. The molecule has 0 N–H and O–H groups in total. The predicted octanol–water partition coefficient (Wildman–Crippen LogP) is 2.58. The van der Waals surface area contributed by atoms with Crippen LogP contribution >= 0.6 is 0 Å². The van der Waals surface area contributed by atoms with Crippen LogP contribution in [0, 0.1) is 6.92 Å². The Morgan fingerprint density at radius 3 is 2.15 bits per heavy atom. The Bertz CT molecular complexity index is 725. The van der Waals surface area contributed by atoms with Gasteiger partial charge in [-0.3, -0.25) is 4.79 Å². The molecule has 0 bridgehead atoms. The zero-order chi connectivity index (χ0) is 18.9. The van der Waals surface area contributed by atoms with Crippen molar-refractivity contribution in [3.63, 3.8) is 0 Å². The molecule has 2 aromatic carbocycles. The Morgan fingerprint density at radius 1 is 0.923 bits per heavy atom. The third kappa shape index (κ3) is 6.12. The van der Waals surface area contributed by atoms with Crippen LogP contribution in [-0.2, 0) is 20.9 Å². The summed E-state index contributed by atoms with van der Waals surface area (Å²) in [4.78, 5) is 25.3. The van der Waals surface area contributed by atoms with Crippen molar-refractivity contribution in [3.05, 3.63) is 59.7 Å². The average molecular weight is 357 g/mol. The van der Waals surface area contributed by atoms with E-state index in [2.05, 4.69) is 0 Å². The maximum atomic E-state index is 12.1. The van der Waals surface area contributed by atoms with Crippen LogP contribution < -0.4 is 9.47 Å². The van der Waals surface area contributed by atoms with Gasteiger partial charge in [0.25, 0.3) is 5.91 Å². The van der Waals surface area contributed by atoms with Crippen molar-refractivity contribution in [2.45, 2.75) is 13.5 Å². The van der Waals surface area contributed by atoms with E-state index in [1.54, 1.807) is 38.4 Å². The third-order valence-electron chi connectivity index (χ3n) is 3.74. The minimum Gasteiger partial charge on any atom is -0.497 e. The zero-order valence-corrected chi connectivity index (χ0v) is 15.2. The number of nitrogens with zero attached hydrogens (tertiary/aromatic N) is 1. The van der Waals surface area contributed by atoms with Crippen molar-refractivity contribution < 1.29 is 23.8 Å². The Hall–Kier alpha value is -3.02. The topological polar surface area (TPSA) is 65.1 Å². The highest BCUT2D eigenvalue weighted by atomic mass is 16.6. The molecule has 0 aliphatic carbocycles. The van der Waals surface area contributed by atoms with Gasteiger partial charge in [0.15, 0.2) is 13.2 Å². The molecule has 0 atom stereocenters. The summed E-state index contributed by atoms with van der Waals surface area (Å²) in [7, 11) is 3.24. The van der Waals surface area contributed by atoms with Crippen LogP contribution in [0.15, 0.2) is 48.5 Å². The summed E-state index contributed by atoms with van der Waals surface area (Å²) in [6.45, 7) is 1.89. The number of hydrogen-bond donors (Lipinski definition) is 0. The normalized spacial score (nSPS) is 10.1. The largest absolute Gasteiger partial charge is 0.497 e. The van der Waals surface area contributed by atoms with E-state index >= 15 is 0 Å². The molecule has 6 heteroatoms. The lowest BCUT2D eigenvalue weighted by atomic mass is 10.1. The van der Waals surface area contributed by atoms with Gasteiger partial charge in [-0.1, -0.05) is 29.8 Å². The Kier molecular flexibility index (Phi) is 7.02. The van der Waals surface area contributed by atoms with Crippen LogP contribution in [0.4, 0.5) is 0 Å². The summed E-state index contributed by atoms with van der Waals surface area (Å²) in [5, 5.41) is 0. The van der Waals surface area contributed by atoms with Crippen molar-refractivity contribution in [3.8, 4) is 11.5 Å². The second-order valence-electron chi connectivity index (χ2n) is 5.86. The van der Waals surface area contributed by atoms with E-state index in [1.165, 1.54) is 4.90 Å². The van der Waals surface area contributed by atoms with Crippen molar-refractivity contribution in [2.24, 2.45) is 0 Å². The summed E-state index contributed by atoms with van der Waals surface area (Å²) in [6, 6.07) is 14.7. The van der Waals surface area contributed by atoms with Gasteiger partial charge in [-0.05, 0) is 36.8 Å². The second kappa shape index (κ2) is 9.46. The molecule has 0 aromatic heterocycles. The number of carbonyl (C=O) groups excluding carboxylic acids is 2. The first-order chi connectivity index (χ1) is 12.5. The molecule has 26 heavy (non-hydrogen) atoms. The van der Waals surface area contributed by atoms with Gasteiger partial charge in [0, 0.05) is 13.6 Å². The summed E-state index contributed by atoms with van der Waals surface area (Å²) in [6.07, 6.45) is 0. The van der Waals surface area contributed by atoms with Crippen LogP contribution in [0.25, 0.3) is 0 Å². The Balaban J connectivity index is 1.71. The van der Waals surface area contributed by atoms with Crippen molar-refractivity contribution >= 4 is 11.9 Å². The fourth-order valence-electron chi connectivity index (χ4n) is 2.16. The maximum Gasteiger partial charge on any atom is 0.344 e. The summed E-state index contributed by atoms with van der Waals surface area (Å²) < 4.78 is 15.3. The molecule has 0 saturated carbocycles. The zero-order valence-electron chi connectivity index (χ0n) is 15.2. The molecule has 0 aliphatic rings. The van der Waals surface area contributed by atoms with Gasteiger partial charge in [-0.2, -0.15) is 0 Å². The molecular weight excluding hydrogens is 334 g/mol. The lowest BCUT2D eigenvalue weighted by Crippen LogP contribution is -2.31. The second-order valence-corrected chi connectivity index (χ2v) is 5.86. The van der Waals surface area contributed by atoms with Crippen molar-refractivity contribution in [1.82, 2.24) is 4.90 Å². The highest BCUT2D eigenvalue weighted by molar-refractivity contribution is 5.80. The summed E-state index contributed by atoms with van der Waals surface area (Å²) in [5.41, 5.74) is 2.18. The number of likely N-dealkylation sites (N-methyl/N-ethyl adjacent to an activating group) is 1. The number of esters is 1. The van der Waals surface area contributed by atoms with E-state index in [0.29, 0.717) is 18.0 Å². The fourth-order valence-corrected chi connectivity index (χ4v) is 2.16. The van der Waals surface area contributed by atoms with E-state index in [4.69, 9.17) is 14.2 Å². The SMILES string of the molecule is COc1ccc(OCC(=O)OCC(=O)N(C)Cc2ccc(C)cc2)cc1. The van der Waals surface area contributed by atoms with Gasteiger partial charge < -0.3 is 19.1 Å². The van der Waals surface area contributed by atoms with Crippen LogP contribution in [0.5, 0.6) is 11.5 Å². The van der Waals surface area contributed by atoms with Gasteiger partial charge in [0.05, 0.1) is 7.11 Å². The number of ether oxygens (including phenoxy) is 3. The number of amides is 1. The van der Waals surface area contributed by atoms with Crippen molar-refractivity contribution in [1.29, 1.82) is 0 Å². The monoisotopic (exact) mass is 357 g/mol. The van der Waals surface area contributed by atoms with E-state index in [-0.39, 0.29) is 19.1 Å². The molecular formula is C20H23NO5. The third-order valence-corrected chi connectivity index (χ3v) is 3.74. The molecule has 0 radical (unpaired) electrons. The molecule has 0 saturated heterocycles. The Labute approximate surface area is 153 Å². The molecule has 2 aromatic rings. The quantitative estimate of drug-likeness (QED) is 0.680. The van der Waals surface area contributed by atoms with E-state index in [9.17, 15) is 9.59 Å². The smallest absolute Gasteiger partial charge is 0.344 e. The van der Waals surface area contributed by atoms with E-state index < -0.39 is 5.97 Å². The first-order valence-electron chi connectivity index (χ1n) is 8.20. The summed E-state index contributed by atoms with van der Waals surface area (Å²) in [5.74, 6) is 0.342. The lowest BCUT2D eigenvalue weighted by Gasteiger charge is -2.17. The highest BCUT2D eigenvalue weighted by Gasteiger charge is 2.13. The van der Waals surface area contributed by atoms with Gasteiger partial charge >= 0.3 is 5.97 Å². The molecule has 0 spiro atoms. The number of carbonyl (C=O) groups is 2. The number of rotatable bonds is 8. The molecule has 0 heterocycles. The molecule has 138 valence electrons. The summed E-state index contributed by atoms with van der Waals surface area (Å²) >= 11 is 0. The number of aryl methyl sites for hydroxylation is 1. The molecule has 6 nitrogen and oxygen atoms in total. The molecule has 1 amide bonds. The van der Waals surface area contributed by atoms with Gasteiger partial charge in [-0.15, -0.1) is 0 Å². The number of benzene rings is 2. The standard InChI is InChI=1S/C20H23NO5/c1-15-4-6-16(7-5-15)12-21(2)19(22)13-26-20(23)14-25-18-10-8-17(24-3)9-11-18/h4-11H,12-14H2,1-3H3. The highest BCUT2D eigenvalue weighted by Crippen LogP contribution is 2.16. The van der Waals surface area contributed by atoms with Crippen LogP contribution in [-0.4, -0.2) is 44.1 Å². The molecule has 2 rings (SSSR count). The predicted molar refractivity (Wildman–Crippen MR) is 97.1 cm³/mol. The molecule has 0 aliphatic heterocycles. The lowest BCUT2D eigenvalue weighted by molar-refractivity contribution is -0.153. The van der Waals surface area contributed by atoms with Crippen LogP contribution in [0.2, 0.25) is 0 Å². The van der Waals surface area contributed by atoms with Crippen LogP contribution in [0.3, 0.4) is 0 Å². The number of hydrogen-bond acceptors (Lipinski definition) is 5. The molecule has 0 fully saturated rings. The maximum absolute atomic E-state index is 12.1. The first-order valence-corrected chi connectivity index (χ1v) is 8.20. The Morgan fingerprint density at radius 2 is 1.54 bits per heavy atom. The van der Waals surface area contributed by atoms with Gasteiger partial charge in [0.1, 0.15) is 11.5 Å². The van der Waals surface area contributed by atoms with Crippen molar-refractivity contribution in [2.75, 3.05) is 27.4 Å². The van der Waals surface area contributed by atoms with E-state index in [0.717, 1.165) is 11.1 Å². The van der Waals surface area contributed by atoms with Crippen LogP contribution in [0.1, 0.15) is 11.1 Å². The molecule has 0 unspecified atom stereocenters. The van der Waals surface area contributed by atoms with E-state index in [1.807, 2.05) is 31.2 Å². The fraction of sp³-hybridized carbons (Fsp3) is 0.300. The van der Waals surface area contributed by atoms with Gasteiger partial charge in [-0.25, -0.2) is 4.79 Å². The van der Waals surface area contributed by atoms with Gasteiger partial charge in [0.2, 0.25) is 0 Å². The minimum absolute atomic E-state index is 0.263. The number of methoxy groups -OCH3 is 1. The minimum atomic E-state index is -0.599.